The molecule has 3 rings (SSSR count). The van der Waals surface area contributed by atoms with Crippen LogP contribution in [0.2, 0.25) is 0 Å². The third kappa shape index (κ3) is 1.42. The summed E-state index contributed by atoms with van der Waals surface area (Å²) in [6.45, 7) is 0.743. The summed E-state index contributed by atoms with van der Waals surface area (Å²) in [7, 11) is 0. The number of carboxylic acid groups (broad SMARTS) is 1. The van der Waals surface area contributed by atoms with E-state index >= 15 is 0 Å². The number of thiazole rings is 1. The zero-order chi connectivity index (χ0) is 11.1. The topological polar surface area (TPSA) is 66.6 Å². The molecule has 2 unspecified atom stereocenters. The molecular weight excluding hydrogens is 226 g/mol. The molecule has 0 saturated carbocycles. The first-order valence-electron chi connectivity index (χ1n) is 5.14. The number of nitrogens with one attached hydrogen (secondary N) is 1. The van der Waals surface area contributed by atoms with Crippen molar-refractivity contribution in [3.63, 3.8) is 0 Å². The number of aliphatic carboxylic acids is 1. The molecule has 5 nitrogen and oxygen atoms in total. The van der Waals surface area contributed by atoms with Gasteiger partial charge in [-0.25, -0.2) is 4.98 Å². The first-order valence-corrected chi connectivity index (χ1v) is 6.02. The zero-order valence-corrected chi connectivity index (χ0v) is 9.28. The number of rotatable bonds is 2. The fourth-order valence-electron chi connectivity index (χ4n) is 2.18. The molecule has 84 valence electrons. The Balaban J connectivity index is 1.97. The van der Waals surface area contributed by atoms with Crippen LogP contribution in [-0.4, -0.2) is 27.0 Å². The van der Waals surface area contributed by atoms with Crippen molar-refractivity contribution in [2.45, 2.75) is 12.5 Å². The van der Waals surface area contributed by atoms with E-state index in [1.807, 2.05) is 22.2 Å². The Morgan fingerprint density at radius 3 is 3.31 bits per heavy atom. The van der Waals surface area contributed by atoms with Crippen LogP contribution < -0.4 is 5.32 Å². The molecule has 16 heavy (non-hydrogen) atoms. The molecule has 0 aliphatic carbocycles. The van der Waals surface area contributed by atoms with Crippen molar-refractivity contribution in [3.05, 3.63) is 23.5 Å². The van der Waals surface area contributed by atoms with Gasteiger partial charge < -0.3 is 10.4 Å². The molecule has 0 spiro atoms. The van der Waals surface area contributed by atoms with Gasteiger partial charge in [0.1, 0.15) is 0 Å². The van der Waals surface area contributed by atoms with E-state index in [0.717, 1.165) is 17.2 Å². The number of carbonyl (C=O) groups is 1. The maximum absolute atomic E-state index is 11.1. The van der Waals surface area contributed by atoms with Gasteiger partial charge in [-0.1, -0.05) is 0 Å². The number of aromatic nitrogens is 2. The number of hydrogen-bond acceptors (Lipinski definition) is 4. The van der Waals surface area contributed by atoms with Crippen molar-refractivity contribution >= 4 is 22.3 Å². The molecule has 6 heteroatoms. The normalized spacial score (nSPS) is 25.2. The zero-order valence-electron chi connectivity index (χ0n) is 8.46. The summed E-state index contributed by atoms with van der Waals surface area (Å²) in [6.07, 6.45) is 4.51. The van der Waals surface area contributed by atoms with E-state index < -0.39 is 5.97 Å². The van der Waals surface area contributed by atoms with Gasteiger partial charge in [0.2, 0.25) is 0 Å². The summed E-state index contributed by atoms with van der Waals surface area (Å²) in [4.78, 5) is 16.4. The van der Waals surface area contributed by atoms with Gasteiger partial charge in [-0.05, 0) is 13.0 Å². The maximum Gasteiger partial charge on any atom is 0.308 e. The number of hydrogen-bond donors (Lipinski definition) is 2. The Kier molecular flexibility index (Phi) is 2.19. The number of imidazole rings is 1. The number of nitrogens with zero attached hydrogens (tertiary/aromatic N) is 2. The minimum atomic E-state index is -0.744. The average molecular weight is 237 g/mol. The Hall–Kier alpha value is -1.40. The highest BCUT2D eigenvalue weighted by Gasteiger charge is 2.35. The van der Waals surface area contributed by atoms with Crippen molar-refractivity contribution in [1.29, 1.82) is 0 Å². The van der Waals surface area contributed by atoms with Gasteiger partial charge >= 0.3 is 5.97 Å². The number of carboxylic acids is 1. The van der Waals surface area contributed by atoms with Gasteiger partial charge in [-0.3, -0.25) is 9.20 Å². The SMILES string of the molecule is O=C(O)C1CCNC1c1cn2ccsc2n1. The summed E-state index contributed by atoms with van der Waals surface area (Å²) < 4.78 is 1.93. The Morgan fingerprint density at radius 1 is 1.69 bits per heavy atom. The van der Waals surface area contributed by atoms with Crippen LogP contribution in [0.1, 0.15) is 18.2 Å². The highest BCUT2D eigenvalue weighted by atomic mass is 32.1. The van der Waals surface area contributed by atoms with E-state index in [0.29, 0.717) is 6.42 Å². The molecule has 1 aliphatic rings. The predicted molar refractivity (Wildman–Crippen MR) is 59.6 cm³/mol. The molecule has 2 N–H and O–H groups in total. The van der Waals surface area contributed by atoms with E-state index in [9.17, 15) is 4.79 Å². The second kappa shape index (κ2) is 3.57. The molecule has 0 aromatic carbocycles. The highest BCUT2D eigenvalue weighted by Crippen LogP contribution is 2.29. The van der Waals surface area contributed by atoms with Gasteiger partial charge in [-0.15, -0.1) is 11.3 Å². The predicted octanol–water partition coefficient (Wildman–Crippen LogP) is 1.13. The fraction of sp³-hybridized carbons (Fsp3) is 0.400. The van der Waals surface area contributed by atoms with E-state index in [1.54, 1.807) is 11.3 Å². The lowest BCUT2D eigenvalue weighted by molar-refractivity contribution is -0.142. The standard InChI is InChI=1S/C10H11N3O2S/c14-9(15)6-1-2-11-8(6)7-5-13-3-4-16-10(13)12-7/h3-6,8,11H,1-2H2,(H,14,15). The summed E-state index contributed by atoms with van der Waals surface area (Å²) in [6, 6.07) is -0.149. The Morgan fingerprint density at radius 2 is 2.56 bits per heavy atom. The lowest BCUT2D eigenvalue weighted by Gasteiger charge is -2.12. The molecule has 2 aromatic heterocycles. The van der Waals surface area contributed by atoms with Crippen LogP contribution >= 0.6 is 11.3 Å². The van der Waals surface area contributed by atoms with Crippen LogP contribution in [0.3, 0.4) is 0 Å². The largest absolute Gasteiger partial charge is 0.481 e. The van der Waals surface area contributed by atoms with Crippen LogP contribution in [0.4, 0.5) is 0 Å². The molecule has 1 saturated heterocycles. The van der Waals surface area contributed by atoms with Gasteiger partial charge in [0, 0.05) is 17.8 Å². The van der Waals surface area contributed by atoms with Crippen molar-refractivity contribution in [2.24, 2.45) is 5.92 Å². The molecular formula is C10H11N3O2S. The van der Waals surface area contributed by atoms with Crippen molar-refractivity contribution in [2.75, 3.05) is 6.54 Å². The van der Waals surface area contributed by atoms with Crippen LogP contribution in [0.25, 0.3) is 4.96 Å². The van der Waals surface area contributed by atoms with Crippen molar-refractivity contribution < 1.29 is 9.90 Å². The molecule has 2 aromatic rings. The van der Waals surface area contributed by atoms with E-state index in [4.69, 9.17) is 5.11 Å². The Bertz CT molecular complexity index is 504. The fourth-order valence-corrected chi connectivity index (χ4v) is 2.88. The first-order chi connectivity index (χ1) is 7.75. The van der Waals surface area contributed by atoms with E-state index in [1.165, 1.54) is 0 Å². The lowest BCUT2D eigenvalue weighted by Crippen LogP contribution is -2.23. The van der Waals surface area contributed by atoms with Crippen LogP contribution in [0, 0.1) is 5.92 Å². The molecule has 0 bridgehead atoms. The third-order valence-corrected chi connectivity index (χ3v) is 3.74. The van der Waals surface area contributed by atoms with Gasteiger partial charge in [0.15, 0.2) is 4.96 Å². The maximum atomic E-state index is 11.1. The minimum absolute atomic E-state index is 0.149. The molecule has 0 amide bonds. The molecule has 3 heterocycles. The molecule has 1 aliphatic heterocycles. The quantitative estimate of drug-likeness (QED) is 0.821. The lowest BCUT2D eigenvalue weighted by atomic mass is 9.99. The van der Waals surface area contributed by atoms with Crippen LogP contribution in [-0.2, 0) is 4.79 Å². The Labute approximate surface area is 95.7 Å². The summed E-state index contributed by atoms with van der Waals surface area (Å²) >= 11 is 1.55. The minimum Gasteiger partial charge on any atom is -0.481 e. The second-order valence-electron chi connectivity index (χ2n) is 3.92. The number of fused-ring (bicyclic) bond motifs is 1. The van der Waals surface area contributed by atoms with Crippen LogP contribution in [0.5, 0.6) is 0 Å². The first kappa shape index (κ1) is 9.80. The smallest absolute Gasteiger partial charge is 0.308 e. The summed E-state index contributed by atoms with van der Waals surface area (Å²) in [5.41, 5.74) is 0.830. The van der Waals surface area contributed by atoms with Crippen LogP contribution in [0.15, 0.2) is 17.8 Å². The van der Waals surface area contributed by atoms with Gasteiger partial charge in [0.25, 0.3) is 0 Å². The van der Waals surface area contributed by atoms with E-state index in [2.05, 4.69) is 10.3 Å². The second-order valence-corrected chi connectivity index (χ2v) is 4.80. The molecule has 2 atom stereocenters. The highest BCUT2D eigenvalue weighted by molar-refractivity contribution is 7.15. The van der Waals surface area contributed by atoms with Gasteiger partial charge in [0.05, 0.1) is 17.7 Å². The van der Waals surface area contributed by atoms with E-state index in [-0.39, 0.29) is 12.0 Å². The van der Waals surface area contributed by atoms with Gasteiger partial charge in [-0.2, -0.15) is 0 Å². The average Bonchev–Trinajstić information content (AvgIpc) is 2.91. The van der Waals surface area contributed by atoms with Crippen molar-refractivity contribution in [1.82, 2.24) is 14.7 Å². The van der Waals surface area contributed by atoms with Crippen molar-refractivity contribution in [3.8, 4) is 0 Å². The monoisotopic (exact) mass is 237 g/mol. The molecule has 0 radical (unpaired) electrons. The summed E-state index contributed by atoms with van der Waals surface area (Å²) in [5, 5.41) is 14.3. The molecule has 1 fully saturated rings. The third-order valence-electron chi connectivity index (χ3n) is 2.97. The summed E-state index contributed by atoms with van der Waals surface area (Å²) in [5.74, 6) is -1.10.